The van der Waals surface area contributed by atoms with E-state index in [0.29, 0.717) is 31.0 Å². The number of carboxylic acids is 1. The number of nitrogens with zero attached hydrogens (tertiary/aromatic N) is 2. The second-order valence-corrected chi connectivity index (χ2v) is 13.0. The summed E-state index contributed by atoms with van der Waals surface area (Å²) in [6.45, 7) is 4.89. The minimum atomic E-state index is -1.06. The molecule has 10 nitrogen and oxygen atoms in total. The molecule has 3 aromatic carbocycles. The Kier molecular flexibility index (Phi) is 14.6. The number of non-ortho nitro benzene ring substituents is 1. The van der Waals surface area contributed by atoms with Gasteiger partial charge in [0.25, 0.3) is 5.69 Å². The molecule has 0 aromatic heterocycles. The van der Waals surface area contributed by atoms with E-state index < -0.39 is 16.9 Å². The van der Waals surface area contributed by atoms with Crippen molar-refractivity contribution >= 4 is 57.8 Å². The molecule has 0 saturated heterocycles. The smallest absolute Gasteiger partial charge is 0.326 e. The summed E-state index contributed by atoms with van der Waals surface area (Å²) < 4.78 is 0. The average Bonchev–Trinajstić information content (AvgIpc) is 3.02. The molecule has 0 bridgehead atoms. The lowest BCUT2D eigenvalue weighted by atomic mass is 9.97. The third-order valence-corrected chi connectivity index (χ3v) is 9.29. The van der Waals surface area contributed by atoms with Crippen LogP contribution in [-0.4, -0.2) is 75.6 Å². The van der Waals surface area contributed by atoms with Crippen LogP contribution in [0.5, 0.6) is 0 Å². The van der Waals surface area contributed by atoms with Crippen molar-refractivity contribution in [1.29, 1.82) is 0 Å². The van der Waals surface area contributed by atoms with Gasteiger partial charge in [-0.2, -0.15) is 11.8 Å². The van der Waals surface area contributed by atoms with Crippen LogP contribution >= 0.6 is 23.5 Å². The van der Waals surface area contributed by atoms with Crippen molar-refractivity contribution in [2.24, 2.45) is 5.92 Å². The number of carboxylic acid groups (broad SMARTS) is 1. The molecule has 0 aliphatic rings. The molecular formula is C33H42N4O6S2. The van der Waals surface area contributed by atoms with Gasteiger partial charge in [0.15, 0.2) is 0 Å². The minimum absolute atomic E-state index is 0.0173. The van der Waals surface area contributed by atoms with E-state index >= 15 is 0 Å². The molecule has 3 atom stereocenters. The fraction of sp³-hybridized carbons (Fsp3) is 0.424. The number of nitrogens with one attached hydrogen (secondary N) is 2. The van der Waals surface area contributed by atoms with Crippen LogP contribution in [0.2, 0.25) is 0 Å². The number of nitro groups is 1. The molecule has 2 amide bonds. The van der Waals surface area contributed by atoms with Gasteiger partial charge in [0.05, 0.1) is 17.2 Å². The summed E-state index contributed by atoms with van der Waals surface area (Å²) >= 11 is 2.90. The summed E-state index contributed by atoms with van der Waals surface area (Å²) in [5.74, 6) is -0.267. The predicted molar refractivity (Wildman–Crippen MR) is 182 cm³/mol. The maximum absolute atomic E-state index is 13.2. The lowest BCUT2D eigenvalue weighted by Crippen LogP contribution is -2.51. The number of fused-ring (bicyclic) bond motifs is 1. The van der Waals surface area contributed by atoms with Crippen molar-refractivity contribution in [1.82, 2.24) is 15.5 Å². The summed E-state index contributed by atoms with van der Waals surface area (Å²) in [7, 11) is 0. The summed E-state index contributed by atoms with van der Waals surface area (Å²) in [6.07, 6.45) is 3.02. The average molecular weight is 655 g/mol. The van der Waals surface area contributed by atoms with Gasteiger partial charge >= 0.3 is 5.97 Å². The summed E-state index contributed by atoms with van der Waals surface area (Å²) in [5, 5.41) is 28.7. The molecule has 3 N–H and O–H groups in total. The second kappa shape index (κ2) is 18.4. The number of nitro benzene ring substituents is 1. The first kappa shape index (κ1) is 35.9. The predicted octanol–water partition coefficient (Wildman–Crippen LogP) is 5.34. The molecule has 0 spiro atoms. The Labute approximate surface area is 272 Å². The molecule has 242 valence electrons. The standard InChI is InChI=1S/C33H42N4O6S2/c1-4-23(2)30(35-32(39)22-45-21-24-9-7-13-27(17-24)37(42)43)19-36(20-31(38)34-29(33(40)41)15-16-44-3)18-26-12-8-11-25-10-5-6-14-28(25)26/h5-14,17,23,29-30H,4,15-16,18-22H2,1-3H3,(H,34,38)(H,35,39)(H,40,41). The van der Waals surface area contributed by atoms with Crippen molar-refractivity contribution in [2.45, 2.75) is 51.1 Å². The molecule has 0 fully saturated rings. The molecule has 0 aliphatic carbocycles. The van der Waals surface area contributed by atoms with Crippen LogP contribution in [0.1, 0.15) is 37.8 Å². The van der Waals surface area contributed by atoms with Gasteiger partial charge in [-0.05, 0) is 46.2 Å². The fourth-order valence-electron chi connectivity index (χ4n) is 4.99. The van der Waals surface area contributed by atoms with Crippen LogP contribution in [0.15, 0.2) is 66.7 Å². The van der Waals surface area contributed by atoms with Crippen molar-refractivity contribution in [3.63, 3.8) is 0 Å². The highest BCUT2D eigenvalue weighted by Crippen LogP contribution is 2.22. The topological polar surface area (TPSA) is 142 Å². The van der Waals surface area contributed by atoms with Crippen molar-refractivity contribution in [3.05, 3.63) is 88.0 Å². The van der Waals surface area contributed by atoms with Crippen molar-refractivity contribution < 1.29 is 24.4 Å². The number of carbonyl (C=O) groups is 3. The van der Waals surface area contributed by atoms with Gasteiger partial charge in [-0.15, -0.1) is 11.8 Å². The first-order valence-electron chi connectivity index (χ1n) is 14.9. The van der Waals surface area contributed by atoms with E-state index in [1.807, 2.05) is 60.5 Å². The van der Waals surface area contributed by atoms with Gasteiger partial charge in [0.2, 0.25) is 11.8 Å². The van der Waals surface area contributed by atoms with E-state index in [4.69, 9.17) is 0 Å². The largest absolute Gasteiger partial charge is 0.480 e. The van der Waals surface area contributed by atoms with Crippen LogP contribution in [0.3, 0.4) is 0 Å². The first-order chi connectivity index (χ1) is 21.6. The van der Waals surface area contributed by atoms with Crippen LogP contribution < -0.4 is 10.6 Å². The van der Waals surface area contributed by atoms with Gasteiger partial charge in [-0.25, -0.2) is 4.79 Å². The first-order valence-corrected chi connectivity index (χ1v) is 17.5. The Morgan fingerprint density at radius 2 is 1.76 bits per heavy atom. The number of amides is 2. The van der Waals surface area contributed by atoms with E-state index in [0.717, 1.165) is 28.3 Å². The minimum Gasteiger partial charge on any atom is -0.480 e. The van der Waals surface area contributed by atoms with Gasteiger partial charge < -0.3 is 15.7 Å². The third-order valence-electron chi connectivity index (χ3n) is 7.64. The maximum Gasteiger partial charge on any atom is 0.326 e. The molecule has 45 heavy (non-hydrogen) atoms. The SMILES string of the molecule is CCC(C)C(CN(CC(=O)NC(CCSC)C(=O)O)Cc1cccc2ccccc12)NC(=O)CSCc1cccc([N+](=O)[O-])c1. The lowest BCUT2D eigenvalue weighted by molar-refractivity contribution is -0.384. The van der Waals surface area contributed by atoms with Crippen molar-refractivity contribution in [3.8, 4) is 0 Å². The number of thioether (sulfide) groups is 2. The summed E-state index contributed by atoms with van der Waals surface area (Å²) in [6, 6.07) is 19.2. The second-order valence-electron chi connectivity index (χ2n) is 11.0. The Morgan fingerprint density at radius 3 is 2.47 bits per heavy atom. The summed E-state index contributed by atoms with van der Waals surface area (Å²) in [5.41, 5.74) is 1.81. The molecular weight excluding hydrogens is 613 g/mol. The van der Waals surface area contributed by atoms with Gasteiger partial charge in [-0.3, -0.25) is 24.6 Å². The molecule has 3 rings (SSSR count). The number of rotatable bonds is 19. The molecule has 3 aromatic rings. The third kappa shape index (κ3) is 11.7. The molecule has 12 heteroatoms. The van der Waals surface area contributed by atoms with E-state index in [2.05, 4.69) is 17.6 Å². The van der Waals surface area contributed by atoms with Gasteiger partial charge in [0.1, 0.15) is 6.04 Å². The highest BCUT2D eigenvalue weighted by Gasteiger charge is 2.25. The Hall–Kier alpha value is -3.61. The normalized spacial score (nSPS) is 13.2. The fourth-order valence-corrected chi connectivity index (χ4v) is 6.25. The zero-order valence-corrected chi connectivity index (χ0v) is 27.6. The lowest BCUT2D eigenvalue weighted by Gasteiger charge is -2.31. The number of hydrogen-bond donors (Lipinski definition) is 3. The van der Waals surface area contributed by atoms with Crippen LogP contribution in [0.25, 0.3) is 10.8 Å². The van der Waals surface area contributed by atoms with Crippen molar-refractivity contribution in [2.75, 3.05) is 30.9 Å². The zero-order valence-electron chi connectivity index (χ0n) is 25.9. The molecule has 0 saturated carbocycles. The van der Waals surface area contributed by atoms with E-state index in [9.17, 15) is 29.6 Å². The molecule has 3 unspecified atom stereocenters. The molecule has 0 radical (unpaired) electrons. The van der Waals surface area contributed by atoms with Gasteiger partial charge in [-0.1, -0.05) is 74.9 Å². The van der Waals surface area contributed by atoms with Crippen LogP contribution in [0.4, 0.5) is 5.69 Å². The highest BCUT2D eigenvalue weighted by atomic mass is 32.2. The van der Waals surface area contributed by atoms with E-state index in [1.54, 1.807) is 12.1 Å². The number of carbonyl (C=O) groups excluding carboxylic acids is 2. The Morgan fingerprint density at radius 1 is 1.02 bits per heavy atom. The number of benzene rings is 3. The van der Waals surface area contributed by atoms with Crippen LogP contribution in [-0.2, 0) is 26.7 Å². The monoisotopic (exact) mass is 654 g/mol. The van der Waals surface area contributed by atoms with E-state index in [-0.39, 0.29) is 41.8 Å². The zero-order chi connectivity index (χ0) is 32.8. The highest BCUT2D eigenvalue weighted by molar-refractivity contribution is 7.99. The quantitative estimate of drug-likeness (QED) is 0.115. The van der Waals surface area contributed by atoms with Crippen LogP contribution in [0, 0.1) is 16.0 Å². The summed E-state index contributed by atoms with van der Waals surface area (Å²) in [4.78, 5) is 50.7. The molecule has 0 heterocycles. The van der Waals surface area contributed by atoms with E-state index in [1.165, 1.54) is 35.7 Å². The molecule has 0 aliphatic heterocycles. The number of aliphatic carboxylic acids is 1. The Bertz CT molecular complexity index is 1450. The maximum atomic E-state index is 13.2. The van der Waals surface area contributed by atoms with Gasteiger partial charge in [0, 0.05) is 37.0 Å². The Balaban J connectivity index is 1.75. The number of hydrogen-bond acceptors (Lipinski definition) is 8.